The molecule has 7 nitrogen and oxygen atoms in total. The van der Waals surface area contributed by atoms with Crippen LogP contribution in [0, 0.1) is 6.92 Å². The summed E-state index contributed by atoms with van der Waals surface area (Å²) in [6.45, 7) is 1.37. The fourth-order valence-corrected chi connectivity index (χ4v) is 2.66. The van der Waals surface area contributed by atoms with Crippen molar-refractivity contribution in [2.45, 2.75) is 37.6 Å². The summed E-state index contributed by atoms with van der Waals surface area (Å²) in [6, 6.07) is 7.61. The summed E-state index contributed by atoms with van der Waals surface area (Å²) in [5.41, 5.74) is 1.71. The molecular weight excluding hydrogens is 290 g/mol. The SMILES string of the molecule is Cc1c(OC2O[C@H](CO)[C@H](O)[C@H](O)[C@H]2O)[nH]c2ccccc12. The Kier molecular flexibility index (Phi) is 4.07. The number of hydrogen-bond acceptors (Lipinski definition) is 6. The van der Waals surface area contributed by atoms with Gasteiger partial charge in [0.2, 0.25) is 6.29 Å². The van der Waals surface area contributed by atoms with Gasteiger partial charge in [-0.25, -0.2) is 0 Å². The predicted molar refractivity (Wildman–Crippen MR) is 77.4 cm³/mol. The average molecular weight is 309 g/mol. The summed E-state index contributed by atoms with van der Waals surface area (Å²) in [6.07, 6.45) is -6.47. The minimum Gasteiger partial charge on any atom is -0.446 e. The molecule has 5 atom stereocenters. The molecule has 2 aromatic rings. The molecule has 0 bridgehead atoms. The lowest BCUT2D eigenvalue weighted by Crippen LogP contribution is -2.60. The topological polar surface area (TPSA) is 115 Å². The zero-order valence-corrected chi connectivity index (χ0v) is 12.0. The van der Waals surface area contributed by atoms with Crippen LogP contribution >= 0.6 is 0 Å². The number of nitrogens with one attached hydrogen (secondary N) is 1. The van der Waals surface area contributed by atoms with Crippen molar-refractivity contribution in [3.8, 4) is 5.88 Å². The van der Waals surface area contributed by atoms with Crippen LogP contribution in [-0.2, 0) is 4.74 Å². The van der Waals surface area contributed by atoms with E-state index in [1.54, 1.807) is 0 Å². The van der Waals surface area contributed by atoms with E-state index in [9.17, 15) is 20.4 Å². The minimum atomic E-state index is -1.46. The molecule has 0 spiro atoms. The van der Waals surface area contributed by atoms with Gasteiger partial charge in [-0.3, -0.25) is 0 Å². The highest BCUT2D eigenvalue weighted by Gasteiger charge is 2.45. The lowest BCUT2D eigenvalue weighted by Gasteiger charge is -2.39. The van der Waals surface area contributed by atoms with Gasteiger partial charge in [0, 0.05) is 16.5 Å². The Morgan fingerprint density at radius 3 is 2.55 bits per heavy atom. The first-order valence-corrected chi connectivity index (χ1v) is 7.07. The number of fused-ring (bicyclic) bond motifs is 1. The molecular formula is C15H19NO6. The van der Waals surface area contributed by atoms with Crippen LogP contribution in [0.2, 0.25) is 0 Å². The number of H-pyrrole nitrogens is 1. The van der Waals surface area contributed by atoms with E-state index >= 15 is 0 Å². The third kappa shape index (κ3) is 2.47. The van der Waals surface area contributed by atoms with Crippen LogP contribution in [0.5, 0.6) is 5.88 Å². The second-order valence-electron chi connectivity index (χ2n) is 5.44. The number of ether oxygens (including phenoxy) is 2. The van der Waals surface area contributed by atoms with Gasteiger partial charge in [-0.15, -0.1) is 0 Å². The second-order valence-corrected chi connectivity index (χ2v) is 5.44. The van der Waals surface area contributed by atoms with Crippen molar-refractivity contribution in [3.63, 3.8) is 0 Å². The van der Waals surface area contributed by atoms with Crippen LogP contribution in [0.3, 0.4) is 0 Å². The largest absolute Gasteiger partial charge is 0.446 e. The van der Waals surface area contributed by atoms with Crippen molar-refractivity contribution in [2.75, 3.05) is 6.61 Å². The summed E-state index contributed by atoms with van der Waals surface area (Å²) in [4.78, 5) is 3.07. The Bertz CT molecular complexity index is 655. The van der Waals surface area contributed by atoms with Gasteiger partial charge in [0.15, 0.2) is 5.88 Å². The molecule has 0 radical (unpaired) electrons. The smallest absolute Gasteiger partial charge is 0.230 e. The number of aromatic nitrogens is 1. The lowest BCUT2D eigenvalue weighted by atomic mass is 9.99. The molecule has 22 heavy (non-hydrogen) atoms. The summed E-state index contributed by atoms with van der Waals surface area (Å²) in [7, 11) is 0. The van der Waals surface area contributed by atoms with Crippen LogP contribution in [0.25, 0.3) is 10.9 Å². The van der Waals surface area contributed by atoms with E-state index in [-0.39, 0.29) is 0 Å². The van der Waals surface area contributed by atoms with Crippen molar-refractivity contribution in [3.05, 3.63) is 29.8 Å². The molecule has 3 rings (SSSR count). The maximum Gasteiger partial charge on any atom is 0.230 e. The van der Waals surface area contributed by atoms with E-state index in [1.165, 1.54) is 0 Å². The molecule has 1 aromatic carbocycles. The predicted octanol–water partition coefficient (Wildman–Crippen LogP) is -0.345. The minimum absolute atomic E-state index is 0.408. The van der Waals surface area contributed by atoms with Gasteiger partial charge in [-0.05, 0) is 13.0 Å². The first kappa shape index (κ1) is 15.3. The van der Waals surface area contributed by atoms with Crippen LogP contribution in [0.4, 0.5) is 0 Å². The molecule has 1 aliphatic rings. The van der Waals surface area contributed by atoms with Gasteiger partial charge in [0.1, 0.15) is 24.4 Å². The standard InChI is InChI=1S/C15H19NO6/c1-7-8-4-2-3-5-9(8)16-14(7)22-15-13(20)12(19)11(18)10(6-17)21-15/h2-5,10-13,15-20H,6H2,1H3/t10-,11+,12+,13-,15?/m1/s1. The highest BCUT2D eigenvalue weighted by atomic mass is 16.7. The maximum atomic E-state index is 9.99. The molecule has 0 saturated carbocycles. The summed E-state index contributed by atoms with van der Waals surface area (Å²) in [5.74, 6) is 0.408. The molecule has 1 fully saturated rings. The summed E-state index contributed by atoms with van der Waals surface area (Å²) in [5, 5.41) is 39.7. The van der Waals surface area contributed by atoms with Crippen LogP contribution in [0.1, 0.15) is 5.56 Å². The number of aryl methyl sites for hydroxylation is 1. The number of benzene rings is 1. The lowest BCUT2D eigenvalue weighted by molar-refractivity contribution is -0.278. The molecule has 0 aliphatic carbocycles. The van der Waals surface area contributed by atoms with Crippen molar-refractivity contribution >= 4 is 10.9 Å². The molecule has 1 unspecified atom stereocenters. The second kappa shape index (κ2) is 5.86. The number of aliphatic hydroxyl groups is 4. The van der Waals surface area contributed by atoms with E-state index < -0.39 is 37.3 Å². The summed E-state index contributed by atoms with van der Waals surface area (Å²) >= 11 is 0. The van der Waals surface area contributed by atoms with Gasteiger partial charge in [-0.1, -0.05) is 18.2 Å². The van der Waals surface area contributed by atoms with Crippen LogP contribution < -0.4 is 4.74 Å². The van der Waals surface area contributed by atoms with Gasteiger partial charge < -0.3 is 34.9 Å². The number of rotatable bonds is 3. The third-order valence-corrected chi connectivity index (χ3v) is 4.00. The quantitative estimate of drug-likeness (QED) is 0.530. The molecule has 1 aliphatic heterocycles. The number of aliphatic hydroxyl groups excluding tert-OH is 4. The van der Waals surface area contributed by atoms with Crippen molar-refractivity contribution in [1.82, 2.24) is 4.98 Å². The third-order valence-electron chi connectivity index (χ3n) is 4.00. The van der Waals surface area contributed by atoms with E-state index in [1.807, 2.05) is 31.2 Å². The maximum absolute atomic E-state index is 9.99. The average Bonchev–Trinajstić information content (AvgIpc) is 2.84. The Hall–Kier alpha value is -1.64. The van der Waals surface area contributed by atoms with Crippen LogP contribution in [0.15, 0.2) is 24.3 Å². The van der Waals surface area contributed by atoms with E-state index in [0.29, 0.717) is 5.88 Å². The molecule has 0 amide bonds. The Morgan fingerprint density at radius 1 is 1.14 bits per heavy atom. The van der Waals surface area contributed by atoms with Crippen molar-refractivity contribution in [1.29, 1.82) is 0 Å². The zero-order chi connectivity index (χ0) is 15.9. The number of para-hydroxylation sites is 1. The fraction of sp³-hybridized carbons (Fsp3) is 0.467. The normalized spacial score (nSPS) is 32.3. The van der Waals surface area contributed by atoms with Crippen molar-refractivity contribution in [2.24, 2.45) is 0 Å². The zero-order valence-electron chi connectivity index (χ0n) is 12.0. The highest BCUT2D eigenvalue weighted by Crippen LogP contribution is 2.30. The molecule has 7 heteroatoms. The van der Waals surface area contributed by atoms with Gasteiger partial charge >= 0.3 is 0 Å². The molecule has 2 heterocycles. The highest BCUT2D eigenvalue weighted by molar-refractivity contribution is 5.85. The van der Waals surface area contributed by atoms with Crippen molar-refractivity contribution < 1.29 is 29.9 Å². The molecule has 1 aromatic heterocycles. The molecule has 1 saturated heterocycles. The van der Waals surface area contributed by atoms with E-state index in [2.05, 4.69) is 4.98 Å². The Morgan fingerprint density at radius 2 is 1.86 bits per heavy atom. The first-order chi connectivity index (χ1) is 10.5. The van der Waals surface area contributed by atoms with Crippen LogP contribution in [-0.4, -0.2) is 62.7 Å². The van der Waals surface area contributed by atoms with Gasteiger partial charge in [0.05, 0.1) is 6.61 Å². The van der Waals surface area contributed by atoms with Gasteiger partial charge in [0.25, 0.3) is 0 Å². The Labute approximate surface area is 126 Å². The monoisotopic (exact) mass is 309 g/mol. The van der Waals surface area contributed by atoms with Gasteiger partial charge in [-0.2, -0.15) is 0 Å². The molecule has 120 valence electrons. The summed E-state index contributed by atoms with van der Waals surface area (Å²) < 4.78 is 11.0. The van der Waals surface area contributed by atoms with E-state index in [4.69, 9.17) is 9.47 Å². The first-order valence-electron chi connectivity index (χ1n) is 7.07. The Balaban J connectivity index is 1.85. The van der Waals surface area contributed by atoms with E-state index in [0.717, 1.165) is 16.5 Å². The number of aromatic amines is 1. The number of hydrogen-bond donors (Lipinski definition) is 5. The fourth-order valence-electron chi connectivity index (χ4n) is 2.66. The molecule has 5 N–H and O–H groups in total.